The fourth-order valence-corrected chi connectivity index (χ4v) is 3.31. The van der Waals surface area contributed by atoms with Crippen LogP contribution in [0.3, 0.4) is 0 Å². The lowest BCUT2D eigenvalue weighted by atomic mass is 9.96. The van der Waals surface area contributed by atoms with E-state index in [-0.39, 0.29) is 6.61 Å². The van der Waals surface area contributed by atoms with Crippen LogP contribution in [0, 0.1) is 6.92 Å². The van der Waals surface area contributed by atoms with Crippen molar-refractivity contribution in [1.82, 2.24) is 9.88 Å². The highest BCUT2D eigenvalue weighted by Gasteiger charge is 2.29. The molecule has 0 aliphatic carbocycles. The summed E-state index contributed by atoms with van der Waals surface area (Å²) in [5.74, 6) is 0. The minimum absolute atomic E-state index is 0.141. The van der Waals surface area contributed by atoms with Gasteiger partial charge in [0, 0.05) is 24.7 Å². The summed E-state index contributed by atoms with van der Waals surface area (Å²) in [4.78, 5) is 6.82. The number of nitrogens with zero attached hydrogens (tertiary/aromatic N) is 2. The SMILES string of the molecule is Cc1ccc2ncccc2c1CN1CCC[C@@](O)(CO)CC1. The van der Waals surface area contributed by atoms with E-state index in [2.05, 4.69) is 35.0 Å². The molecule has 0 spiro atoms. The van der Waals surface area contributed by atoms with Gasteiger partial charge < -0.3 is 10.2 Å². The molecule has 1 atom stereocenters. The van der Waals surface area contributed by atoms with Gasteiger partial charge in [0.15, 0.2) is 0 Å². The van der Waals surface area contributed by atoms with E-state index in [0.29, 0.717) is 12.8 Å². The number of hydrogen-bond donors (Lipinski definition) is 2. The van der Waals surface area contributed by atoms with E-state index < -0.39 is 5.60 Å². The van der Waals surface area contributed by atoms with Gasteiger partial charge in [-0.3, -0.25) is 9.88 Å². The molecule has 1 aromatic heterocycles. The summed E-state index contributed by atoms with van der Waals surface area (Å²) in [6, 6.07) is 8.32. The highest BCUT2D eigenvalue weighted by atomic mass is 16.3. The predicted octanol–water partition coefficient (Wildman–Crippen LogP) is 2.25. The second-order valence-electron chi connectivity index (χ2n) is 6.44. The van der Waals surface area contributed by atoms with Gasteiger partial charge in [0.05, 0.1) is 17.7 Å². The van der Waals surface area contributed by atoms with Crippen molar-refractivity contribution in [2.24, 2.45) is 0 Å². The summed E-state index contributed by atoms with van der Waals surface area (Å²) in [6.45, 7) is 4.64. The van der Waals surface area contributed by atoms with Crippen molar-refractivity contribution in [2.45, 2.75) is 38.3 Å². The van der Waals surface area contributed by atoms with Crippen molar-refractivity contribution >= 4 is 10.9 Å². The Hall–Kier alpha value is -1.49. The number of aromatic nitrogens is 1. The third-order valence-electron chi connectivity index (χ3n) is 4.82. The maximum atomic E-state index is 10.3. The molecular weight excluding hydrogens is 276 g/mol. The van der Waals surface area contributed by atoms with Gasteiger partial charge in [-0.15, -0.1) is 0 Å². The number of pyridine rings is 1. The van der Waals surface area contributed by atoms with Crippen molar-refractivity contribution in [2.75, 3.05) is 19.7 Å². The van der Waals surface area contributed by atoms with Gasteiger partial charge in [-0.05, 0) is 56.0 Å². The lowest BCUT2D eigenvalue weighted by Crippen LogP contribution is -2.34. The first-order valence-corrected chi connectivity index (χ1v) is 8.00. The molecule has 0 amide bonds. The van der Waals surface area contributed by atoms with Crippen LogP contribution >= 0.6 is 0 Å². The van der Waals surface area contributed by atoms with Crippen molar-refractivity contribution in [3.63, 3.8) is 0 Å². The summed E-state index contributed by atoms with van der Waals surface area (Å²) in [7, 11) is 0. The standard InChI is InChI=1S/C18H24N2O2/c1-14-5-6-17-15(4-2-9-19-17)16(14)12-20-10-3-7-18(22,13-21)8-11-20/h2,4-6,9,21-22H,3,7-8,10-13H2,1H3/t18-/m0/s1. The molecule has 1 aromatic carbocycles. The molecule has 1 fully saturated rings. The molecule has 4 heteroatoms. The maximum Gasteiger partial charge on any atom is 0.0890 e. The van der Waals surface area contributed by atoms with Gasteiger partial charge in [-0.1, -0.05) is 12.1 Å². The van der Waals surface area contributed by atoms with Crippen molar-refractivity contribution in [1.29, 1.82) is 0 Å². The first-order valence-electron chi connectivity index (χ1n) is 8.00. The van der Waals surface area contributed by atoms with E-state index in [1.54, 1.807) is 0 Å². The Labute approximate surface area is 131 Å². The fraction of sp³-hybridized carbons (Fsp3) is 0.500. The molecule has 0 radical (unpaired) electrons. The van der Waals surface area contributed by atoms with Crippen LogP contribution in [0.25, 0.3) is 10.9 Å². The largest absolute Gasteiger partial charge is 0.393 e. The molecule has 4 nitrogen and oxygen atoms in total. The zero-order valence-corrected chi connectivity index (χ0v) is 13.1. The monoisotopic (exact) mass is 300 g/mol. The maximum absolute atomic E-state index is 10.3. The lowest BCUT2D eigenvalue weighted by molar-refractivity contribution is -0.0255. The second kappa shape index (κ2) is 6.32. The fourth-order valence-electron chi connectivity index (χ4n) is 3.31. The van der Waals surface area contributed by atoms with Crippen LogP contribution in [0.1, 0.15) is 30.4 Å². The molecular formula is C18H24N2O2. The first-order chi connectivity index (χ1) is 10.6. The van der Waals surface area contributed by atoms with Gasteiger partial charge in [0.1, 0.15) is 0 Å². The van der Waals surface area contributed by atoms with E-state index in [0.717, 1.165) is 31.6 Å². The highest BCUT2D eigenvalue weighted by molar-refractivity contribution is 5.83. The van der Waals surface area contributed by atoms with E-state index in [9.17, 15) is 10.2 Å². The lowest BCUT2D eigenvalue weighted by Gasteiger charge is -2.25. The molecule has 1 saturated heterocycles. The Morgan fingerprint density at radius 1 is 1.23 bits per heavy atom. The Kier molecular flexibility index (Phi) is 4.43. The average molecular weight is 300 g/mol. The number of aliphatic hydroxyl groups is 2. The topological polar surface area (TPSA) is 56.6 Å². The Morgan fingerprint density at radius 3 is 2.91 bits per heavy atom. The number of likely N-dealkylation sites (tertiary alicyclic amines) is 1. The van der Waals surface area contributed by atoms with Crippen LogP contribution in [-0.4, -0.2) is 45.4 Å². The van der Waals surface area contributed by atoms with Gasteiger partial charge >= 0.3 is 0 Å². The van der Waals surface area contributed by atoms with E-state index in [4.69, 9.17) is 0 Å². The van der Waals surface area contributed by atoms with Gasteiger partial charge in [-0.2, -0.15) is 0 Å². The van der Waals surface area contributed by atoms with Crippen LogP contribution in [-0.2, 0) is 6.54 Å². The van der Waals surface area contributed by atoms with Crippen molar-refractivity contribution in [3.8, 4) is 0 Å². The van der Waals surface area contributed by atoms with Crippen LogP contribution in [0.5, 0.6) is 0 Å². The first kappa shape index (κ1) is 15.4. The third kappa shape index (κ3) is 3.14. The van der Waals surface area contributed by atoms with Gasteiger partial charge in [0.25, 0.3) is 0 Å². The predicted molar refractivity (Wildman–Crippen MR) is 87.6 cm³/mol. The van der Waals surface area contributed by atoms with Gasteiger partial charge in [0.2, 0.25) is 0 Å². The molecule has 1 aliphatic rings. The normalized spacial score (nSPS) is 23.6. The summed E-state index contributed by atoms with van der Waals surface area (Å²) in [6.07, 6.45) is 4.05. The highest BCUT2D eigenvalue weighted by Crippen LogP contribution is 2.26. The summed E-state index contributed by atoms with van der Waals surface area (Å²) >= 11 is 0. The number of benzene rings is 1. The molecule has 22 heavy (non-hydrogen) atoms. The quantitative estimate of drug-likeness (QED) is 0.913. The zero-order valence-electron chi connectivity index (χ0n) is 13.1. The van der Waals surface area contributed by atoms with E-state index in [1.807, 2.05) is 12.3 Å². The molecule has 3 rings (SSSR count). The van der Waals surface area contributed by atoms with Crippen molar-refractivity contribution < 1.29 is 10.2 Å². The molecule has 0 unspecified atom stereocenters. The summed E-state index contributed by atoms with van der Waals surface area (Å²) < 4.78 is 0. The van der Waals surface area contributed by atoms with Crippen LogP contribution in [0.4, 0.5) is 0 Å². The molecule has 118 valence electrons. The van der Waals surface area contributed by atoms with Crippen LogP contribution in [0.15, 0.2) is 30.5 Å². The Morgan fingerprint density at radius 2 is 2.09 bits per heavy atom. The Bertz CT molecular complexity index is 659. The Balaban J connectivity index is 1.83. The minimum atomic E-state index is -0.899. The number of aryl methyl sites for hydroxylation is 1. The molecule has 2 heterocycles. The zero-order chi connectivity index (χ0) is 15.6. The third-order valence-corrected chi connectivity index (χ3v) is 4.82. The van der Waals surface area contributed by atoms with E-state index >= 15 is 0 Å². The minimum Gasteiger partial charge on any atom is -0.393 e. The molecule has 0 saturated carbocycles. The van der Waals surface area contributed by atoms with Crippen LogP contribution < -0.4 is 0 Å². The van der Waals surface area contributed by atoms with Gasteiger partial charge in [-0.25, -0.2) is 0 Å². The molecule has 1 aliphatic heterocycles. The molecule has 2 aromatic rings. The number of fused-ring (bicyclic) bond motifs is 1. The average Bonchev–Trinajstić information content (AvgIpc) is 2.73. The number of hydrogen-bond acceptors (Lipinski definition) is 4. The number of aliphatic hydroxyl groups excluding tert-OH is 1. The number of rotatable bonds is 3. The molecule has 0 bridgehead atoms. The van der Waals surface area contributed by atoms with Crippen LogP contribution in [0.2, 0.25) is 0 Å². The second-order valence-corrected chi connectivity index (χ2v) is 6.44. The molecule has 2 N–H and O–H groups in total. The summed E-state index contributed by atoms with van der Waals surface area (Å²) in [5, 5.41) is 20.9. The smallest absolute Gasteiger partial charge is 0.0890 e. The van der Waals surface area contributed by atoms with Crippen molar-refractivity contribution in [3.05, 3.63) is 41.6 Å². The van der Waals surface area contributed by atoms with E-state index in [1.165, 1.54) is 16.5 Å². The summed E-state index contributed by atoms with van der Waals surface area (Å²) in [5.41, 5.74) is 2.73.